The van der Waals surface area contributed by atoms with Gasteiger partial charge in [-0.15, -0.1) is 0 Å². The predicted octanol–water partition coefficient (Wildman–Crippen LogP) is 5.58. The van der Waals surface area contributed by atoms with Gasteiger partial charge in [0.1, 0.15) is 13.1 Å². The van der Waals surface area contributed by atoms with Crippen molar-refractivity contribution in [2.45, 2.75) is 13.7 Å². The minimum absolute atomic E-state index is 0.889. The van der Waals surface area contributed by atoms with Crippen LogP contribution in [0, 0.1) is 6.92 Å². The van der Waals surface area contributed by atoms with Gasteiger partial charge in [-0.05, 0) is 13.0 Å². The van der Waals surface area contributed by atoms with Crippen molar-refractivity contribution >= 4 is 23.6 Å². The van der Waals surface area contributed by atoms with Gasteiger partial charge in [-0.25, -0.2) is 4.98 Å². The first-order valence-corrected chi connectivity index (χ1v) is 9.87. The summed E-state index contributed by atoms with van der Waals surface area (Å²) in [5.74, 6) is 0.889. The molecule has 5 rings (SSSR count). The van der Waals surface area contributed by atoms with Gasteiger partial charge in [0.05, 0.1) is 11.4 Å². The molecule has 1 radical (unpaired) electrons. The zero-order chi connectivity index (χ0) is 19.8. The SMILES string of the molecule is C[B]c1ccc(-c2[nH]c(-c3c(C)[nH]c4ccccc34)nc2-c2ccccc2)cc1. The third-order valence-electron chi connectivity index (χ3n) is 5.41. The van der Waals surface area contributed by atoms with E-state index in [2.05, 4.69) is 104 Å². The average molecular weight is 374 g/mol. The van der Waals surface area contributed by atoms with E-state index >= 15 is 0 Å². The van der Waals surface area contributed by atoms with Gasteiger partial charge >= 0.3 is 0 Å². The molecule has 0 aliphatic rings. The molecule has 3 aromatic carbocycles. The second kappa shape index (κ2) is 7.14. The Morgan fingerprint density at radius 2 is 1.48 bits per heavy atom. The van der Waals surface area contributed by atoms with Crippen LogP contribution in [0.3, 0.4) is 0 Å². The second-order valence-electron chi connectivity index (χ2n) is 7.26. The fourth-order valence-electron chi connectivity index (χ4n) is 3.93. The van der Waals surface area contributed by atoms with Crippen molar-refractivity contribution in [3.63, 3.8) is 0 Å². The number of para-hydroxylation sites is 1. The number of H-pyrrole nitrogens is 2. The van der Waals surface area contributed by atoms with E-state index in [0.717, 1.165) is 45.1 Å². The zero-order valence-corrected chi connectivity index (χ0v) is 16.5. The van der Waals surface area contributed by atoms with Crippen molar-refractivity contribution in [3.05, 3.63) is 84.6 Å². The Bertz CT molecular complexity index is 1280. The molecule has 2 heterocycles. The van der Waals surface area contributed by atoms with Gasteiger partial charge in [0.2, 0.25) is 0 Å². The summed E-state index contributed by atoms with van der Waals surface area (Å²) in [7, 11) is 2.11. The zero-order valence-electron chi connectivity index (χ0n) is 16.5. The van der Waals surface area contributed by atoms with Crippen LogP contribution in [0.2, 0.25) is 6.82 Å². The second-order valence-corrected chi connectivity index (χ2v) is 7.26. The number of rotatable bonds is 4. The number of hydrogen-bond donors (Lipinski definition) is 2. The third-order valence-corrected chi connectivity index (χ3v) is 5.41. The van der Waals surface area contributed by atoms with Crippen molar-refractivity contribution in [1.29, 1.82) is 0 Å². The van der Waals surface area contributed by atoms with Gasteiger partial charge < -0.3 is 9.97 Å². The molecule has 2 aromatic heterocycles. The van der Waals surface area contributed by atoms with Crippen LogP contribution in [-0.2, 0) is 0 Å². The van der Waals surface area contributed by atoms with E-state index in [-0.39, 0.29) is 0 Å². The highest BCUT2D eigenvalue weighted by atomic mass is 14.9. The number of fused-ring (bicyclic) bond motifs is 1. The maximum absolute atomic E-state index is 5.07. The number of aromatic nitrogens is 3. The molecular weight excluding hydrogens is 353 g/mol. The fraction of sp³-hybridized carbons (Fsp3) is 0.0800. The van der Waals surface area contributed by atoms with Gasteiger partial charge in [-0.3, -0.25) is 0 Å². The lowest BCUT2D eigenvalue weighted by Crippen LogP contribution is -2.08. The highest BCUT2D eigenvalue weighted by Crippen LogP contribution is 2.36. The topological polar surface area (TPSA) is 44.5 Å². The normalized spacial score (nSPS) is 11.1. The molecule has 5 aromatic rings. The molecule has 3 nitrogen and oxygen atoms in total. The van der Waals surface area contributed by atoms with Crippen LogP contribution < -0.4 is 5.46 Å². The van der Waals surface area contributed by atoms with Gasteiger partial charge in [0.15, 0.2) is 0 Å². The van der Waals surface area contributed by atoms with Crippen molar-refractivity contribution < 1.29 is 0 Å². The van der Waals surface area contributed by atoms with E-state index in [9.17, 15) is 0 Å². The number of nitrogens with one attached hydrogen (secondary N) is 2. The van der Waals surface area contributed by atoms with Crippen molar-refractivity contribution in [2.75, 3.05) is 0 Å². The molecular formula is C25H21BN3. The van der Waals surface area contributed by atoms with Crippen molar-refractivity contribution in [3.8, 4) is 33.9 Å². The van der Waals surface area contributed by atoms with E-state index in [0.29, 0.717) is 0 Å². The van der Waals surface area contributed by atoms with Crippen LogP contribution in [0.1, 0.15) is 5.69 Å². The Hall–Kier alpha value is -3.53. The summed E-state index contributed by atoms with van der Waals surface area (Å²) in [6.07, 6.45) is 0. The lowest BCUT2D eigenvalue weighted by molar-refractivity contribution is 1.25. The van der Waals surface area contributed by atoms with Gasteiger partial charge in [0, 0.05) is 33.3 Å². The minimum atomic E-state index is 0.889. The highest BCUT2D eigenvalue weighted by molar-refractivity contribution is 6.51. The predicted molar refractivity (Wildman–Crippen MR) is 123 cm³/mol. The fourth-order valence-corrected chi connectivity index (χ4v) is 3.93. The molecule has 0 aliphatic carbocycles. The third kappa shape index (κ3) is 3.07. The Morgan fingerprint density at radius 1 is 0.759 bits per heavy atom. The van der Waals surface area contributed by atoms with Crippen LogP contribution >= 0.6 is 0 Å². The van der Waals surface area contributed by atoms with E-state index in [1.165, 1.54) is 10.8 Å². The summed E-state index contributed by atoms with van der Waals surface area (Å²) in [6, 6.07) is 27.3. The number of nitrogens with zero attached hydrogens (tertiary/aromatic N) is 1. The summed E-state index contributed by atoms with van der Waals surface area (Å²) >= 11 is 0. The van der Waals surface area contributed by atoms with E-state index < -0.39 is 0 Å². The number of hydrogen-bond acceptors (Lipinski definition) is 1. The summed E-state index contributed by atoms with van der Waals surface area (Å²) in [5, 5.41) is 1.18. The minimum Gasteiger partial charge on any atom is -0.358 e. The molecule has 0 saturated carbocycles. The lowest BCUT2D eigenvalue weighted by Gasteiger charge is -2.04. The first-order chi connectivity index (χ1) is 14.2. The molecule has 139 valence electrons. The molecule has 0 unspecified atom stereocenters. The molecule has 0 bridgehead atoms. The first kappa shape index (κ1) is 17.6. The number of imidazole rings is 1. The van der Waals surface area contributed by atoms with Crippen molar-refractivity contribution in [2.24, 2.45) is 0 Å². The largest absolute Gasteiger partial charge is 0.358 e. The molecule has 0 aliphatic heterocycles. The summed E-state index contributed by atoms with van der Waals surface area (Å²) in [6.45, 7) is 4.16. The maximum Gasteiger partial charge on any atom is 0.148 e. The quantitative estimate of drug-likeness (QED) is 0.397. The van der Waals surface area contributed by atoms with E-state index in [1.807, 2.05) is 6.07 Å². The lowest BCUT2D eigenvalue weighted by atomic mass is 9.73. The molecule has 0 spiro atoms. The molecule has 4 heteroatoms. The number of aryl methyl sites for hydroxylation is 1. The van der Waals surface area contributed by atoms with E-state index in [4.69, 9.17) is 4.98 Å². The maximum atomic E-state index is 5.07. The Balaban J connectivity index is 1.74. The Morgan fingerprint density at radius 3 is 2.24 bits per heavy atom. The smallest absolute Gasteiger partial charge is 0.148 e. The molecule has 2 N–H and O–H groups in total. The first-order valence-electron chi connectivity index (χ1n) is 9.87. The molecule has 0 fully saturated rings. The standard InChI is InChI=1S/C25H21BN3/c1-16-22(20-10-6-7-11-21(20)27-16)25-28-23(17-8-4-3-5-9-17)24(29-25)18-12-14-19(26-2)15-13-18/h3-15,27H,1-2H3,(H,28,29). The molecule has 0 saturated heterocycles. The van der Waals surface area contributed by atoms with Crippen molar-refractivity contribution in [1.82, 2.24) is 15.0 Å². The Labute approximate surface area is 171 Å². The summed E-state index contributed by atoms with van der Waals surface area (Å²) in [4.78, 5) is 12.2. The Kier molecular flexibility index (Phi) is 4.32. The number of benzene rings is 3. The highest BCUT2D eigenvalue weighted by Gasteiger charge is 2.19. The monoisotopic (exact) mass is 374 g/mol. The van der Waals surface area contributed by atoms with Gasteiger partial charge in [0.25, 0.3) is 0 Å². The molecule has 29 heavy (non-hydrogen) atoms. The summed E-state index contributed by atoms with van der Waals surface area (Å²) < 4.78 is 0. The van der Waals surface area contributed by atoms with Crippen LogP contribution in [0.25, 0.3) is 44.8 Å². The van der Waals surface area contributed by atoms with Gasteiger partial charge in [-0.1, -0.05) is 85.1 Å². The average Bonchev–Trinajstić information content (AvgIpc) is 3.34. The molecule has 0 atom stereocenters. The van der Waals surface area contributed by atoms with Gasteiger partial charge in [-0.2, -0.15) is 0 Å². The van der Waals surface area contributed by atoms with Crippen LogP contribution in [-0.4, -0.2) is 22.2 Å². The summed E-state index contributed by atoms with van der Waals surface area (Å²) in [5.41, 5.74) is 8.82. The molecule has 0 amide bonds. The van der Waals surface area contributed by atoms with E-state index in [1.54, 1.807) is 0 Å². The van der Waals surface area contributed by atoms with Crippen LogP contribution in [0.4, 0.5) is 0 Å². The number of aromatic amines is 2. The van der Waals surface area contributed by atoms with Crippen LogP contribution in [0.15, 0.2) is 78.9 Å². The van der Waals surface area contributed by atoms with Crippen LogP contribution in [0.5, 0.6) is 0 Å².